The van der Waals surface area contributed by atoms with Gasteiger partial charge >= 0.3 is 0 Å². The SMILES string of the molecule is CNC(=O)[C@@H]1C[C@H](N=[N+]=[N-])CN1C(C)=O. The van der Waals surface area contributed by atoms with Crippen molar-refractivity contribution in [2.24, 2.45) is 5.11 Å². The Labute approximate surface area is 87.1 Å². The number of hydrogen-bond donors (Lipinski definition) is 1. The lowest BCUT2D eigenvalue weighted by Gasteiger charge is -2.21. The number of hydrogen-bond acceptors (Lipinski definition) is 3. The van der Waals surface area contributed by atoms with Gasteiger partial charge in [0.25, 0.3) is 0 Å². The third kappa shape index (κ3) is 2.38. The Morgan fingerprint density at radius 3 is 2.73 bits per heavy atom. The maximum absolute atomic E-state index is 11.4. The second-order valence-corrected chi connectivity index (χ2v) is 3.40. The molecule has 0 aliphatic carbocycles. The third-order valence-corrected chi connectivity index (χ3v) is 2.45. The first-order valence-electron chi connectivity index (χ1n) is 4.63. The largest absolute Gasteiger partial charge is 0.357 e. The first kappa shape index (κ1) is 11.3. The lowest BCUT2D eigenvalue weighted by atomic mass is 10.1. The van der Waals surface area contributed by atoms with Crippen LogP contribution in [0.25, 0.3) is 10.4 Å². The van der Waals surface area contributed by atoms with Gasteiger partial charge < -0.3 is 10.2 Å². The van der Waals surface area contributed by atoms with Gasteiger partial charge in [-0.05, 0) is 12.0 Å². The molecule has 0 unspecified atom stereocenters. The maximum Gasteiger partial charge on any atom is 0.242 e. The van der Waals surface area contributed by atoms with Gasteiger partial charge in [-0.2, -0.15) is 0 Å². The fourth-order valence-corrected chi connectivity index (χ4v) is 1.73. The predicted octanol–water partition coefficient (Wildman–Crippen LogP) is 0.0321. The molecule has 0 radical (unpaired) electrons. The second kappa shape index (κ2) is 4.65. The van der Waals surface area contributed by atoms with E-state index in [0.29, 0.717) is 13.0 Å². The number of nitrogens with one attached hydrogen (secondary N) is 1. The first-order valence-corrected chi connectivity index (χ1v) is 4.63. The van der Waals surface area contributed by atoms with Gasteiger partial charge in [-0.25, -0.2) is 0 Å². The van der Waals surface area contributed by atoms with Crippen LogP contribution in [-0.2, 0) is 9.59 Å². The van der Waals surface area contributed by atoms with E-state index in [1.54, 1.807) is 0 Å². The number of amides is 2. The van der Waals surface area contributed by atoms with E-state index >= 15 is 0 Å². The minimum Gasteiger partial charge on any atom is -0.357 e. The summed E-state index contributed by atoms with van der Waals surface area (Å²) in [6.45, 7) is 1.71. The fraction of sp³-hybridized carbons (Fsp3) is 0.750. The number of azide groups is 1. The molecule has 0 spiro atoms. The Hall–Kier alpha value is -1.75. The van der Waals surface area contributed by atoms with Crippen molar-refractivity contribution in [3.8, 4) is 0 Å². The summed E-state index contributed by atoms with van der Waals surface area (Å²) in [7, 11) is 1.52. The van der Waals surface area contributed by atoms with E-state index in [9.17, 15) is 9.59 Å². The van der Waals surface area contributed by atoms with Crippen LogP contribution in [0, 0.1) is 0 Å². The number of nitrogens with zero attached hydrogens (tertiary/aromatic N) is 4. The van der Waals surface area contributed by atoms with E-state index in [1.807, 2.05) is 0 Å². The molecule has 1 aliphatic rings. The van der Waals surface area contributed by atoms with E-state index in [1.165, 1.54) is 18.9 Å². The summed E-state index contributed by atoms with van der Waals surface area (Å²) in [6.07, 6.45) is 0.392. The van der Waals surface area contributed by atoms with Crippen LogP contribution in [-0.4, -0.2) is 42.4 Å². The van der Waals surface area contributed by atoms with Gasteiger partial charge in [-0.3, -0.25) is 9.59 Å². The molecule has 2 amide bonds. The number of rotatable bonds is 2. The van der Waals surface area contributed by atoms with Gasteiger partial charge in [-0.1, -0.05) is 5.11 Å². The van der Waals surface area contributed by atoms with E-state index < -0.39 is 6.04 Å². The molecular formula is C8H13N5O2. The normalized spacial score (nSPS) is 24.5. The van der Waals surface area contributed by atoms with E-state index in [0.717, 1.165) is 0 Å². The molecule has 1 heterocycles. The Bertz CT molecular complexity index is 323. The van der Waals surface area contributed by atoms with Crippen LogP contribution in [0.15, 0.2) is 5.11 Å². The van der Waals surface area contributed by atoms with Crippen LogP contribution >= 0.6 is 0 Å². The maximum atomic E-state index is 11.4. The van der Waals surface area contributed by atoms with Crippen LogP contribution in [0.5, 0.6) is 0 Å². The van der Waals surface area contributed by atoms with Crippen molar-refractivity contribution >= 4 is 11.8 Å². The minimum atomic E-state index is -0.511. The number of likely N-dealkylation sites (N-methyl/N-ethyl adjacent to an activating group) is 1. The molecule has 15 heavy (non-hydrogen) atoms. The van der Waals surface area contributed by atoms with Crippen molar-refractivity contribution in [2.45, 2.75) is 25.4 Å². The molecule has 0 saturated carbocycles. The van der Waals surface area contributed by atoms with Crippen molar-refractivity contribution in [3.05, 3.63) is 10.4 Å². The molecule has 7 nitrogen and oxygen atoms in total. The molecular weight excluding hydrogens is 198 g/mol. The molecule has 82 valence electrons. The number of carbonyl (C=O) groups is 2. The molecule has 0 aromatic rings. The van der Waals surface area contributed by atoms with Crippen LogP contribution < -0.4 is 5.32 Å². The summed E-state index contributed by atoms with van der Waals surface area (Å²) >= 11 is 0. The summed E-state index contributed by atoms with van der Waals surface area (Å²) in [6, 6.07) is -0.816. The summed E-state index contributed by atoms with van der Waals surface area (Å²) in [5.74, 6) is -0.403. The third-order valence-electron chi connectivity index (χ3n) is 2.45. The number of likely N-dealkylation sites (tertiary alicyclic amines) is 1. The second-order valence-electron chi connectivity index (χ2n) is 3.40. The lowest BCUT2D eigenvalue weighted by Crippen LogP contribution is -2.43. The zero-order chi connectivity index (χ0) is 11.4. The molecule has 0 aromatic carbocycles. The minimum absolute atomic E-state index is 0.181. The summed E-state index contributed by atoms with van der Waals surface area (Å²) in [4.78, 5) is 26.8. The Kier molecular flexibility index (Phi) is 3.51. The molecule has 1 saturated heterocycles. The van der Waals surface area contributed by atoms with Gasteiger partial charge in [0.2, 0.25) is 11.8 Å². The average molecular weight is 211 g/mol. The van der Waals surface area contributed by atoms with Crippen LogP contribution in [0.3, 0.4) is 0 Å². The van der Waals surface area contributed by atoms with Gasteiger partial charge in [0, 0.05) is 25.4 Å². The Balaban J connectivity index is 2.80. The topological polar surface area (TPSA) is 98.2 Å². The van der Waals surface area contributed by atoms with Crippen molar-refractivity contribution < 1.29 is 9.59 Å². The summed E-state index contributed by atoms with van der Waals surface area (Å²) < 4.78 is 0. The molecule has 7 heteroatoms. The van der Waals surface area contributed by atoms with Gasteiger partial charge in [0.1, 0.15) is 6.04 Å². The van der Waals surface area contributed by atoms with Crippen LogP contribution in [0.2, 0.25) is 0 Å². The van der Waals surface area contributed by atoms with Crippen molar-refractivity contribution in [2.75, 3.05) is 13.6 Å². The Morgan fingerprint density at radius 2 is 2.27 bits per heavy atom. The molecule has 0 bridgehead atoms. The predicted molar refractivity (Wildman–Crippen MR) is 52.8 cm³/mol. The highest BCUT2D eigenvalue weighted by Gasteiger charge is 2.37. The van der Waals surface area contributed by atoms with Gasteiger partial charge in [-0.15, -0.1) is 0 Å². The highest BCUT2D eigenvalue weighted by atomic mass is 16.2. The first-order chi connectivity index (χ1) is 7.10. The quantitative estimate of drug-likeness (QED) is 0.396. The van der Waals surface area contributed by atoms with Gasteiger partial charge in [0.05, 0.1) is 6.04 Å². The van der Waals surface area contributed by atoms with Crippen molar-refractivity contribution in [1.82, 2.24) is 10.2 Å². The van der Waals surface area contributed by atoms with Crippen LogP contribution in [0.4, 0.5) is 0 Å². The zero-order valence-corrected chi connectivity index (χ0v) is 8.67. The lowest BCUT2D eigenvalue weighted by molar-refractivity contribution is -0.136. The average Bonchev–Trinajstić information content (AvgIpc) is 2.61. The smallest absolute Gasteiger partial charge is 0.242 e. The van der Waals surface area contributed by atoms with Crippen molar-refractivity contribution in [3.63, 3.8) is 0 Å². The molecule has 1 N–H and O–H groups in total. The van der Waals surface area contributed by atoms with Crippen LogP contribution in [0.1, 0.15) is 13.3 Å². The fourth-order valence-electron chi connectivity index (χ4n) is 1.73. The van der Waals surface area contributed by atoms with Crippen molar-refractivity contribution in [1.29, 1.82) is 0 Å². The van der Waals surface area contributed by atoms with E-state index in [4.69, 9.17) is 5.53 Å². The highest BCUT2D eigenvalue weighted by Crippen LogP contribution is 2.20. The molecule has 0 aromatic heterocycles. The standard InChI is InChI=1S/C8H13N5O2/c1-5(14)13-4-6(11-12-9)3-7(13)8(15)10-2/h6-7H,3-4H2,1-2H3,(H,10,15)/t6-,7-/m0/s1. The highest BCUT2D eigenvalue weighted by molar-refractivity contribution is 5.87. The molecule has 1 aliphatic heterocycles. The molecule has 1 rings (SSSR count). The monoisotopic (exact) mass is 211 g/mol. The Morgan fingerprint density at radius 1 is 1.60 bits per heavy atom. The van der Waals surface area contributed by atoms with E-state index in [2.05, 4.69) is 15.3 Å². The zero-order valence-electron chi connectivity index (χ0n) is 8.67. The van der Waals surface area contributed by atoms with E-state index in [-0.39, 0.29) is 17.9 Å². The van der Waals surface area contributed by atoms with Gasteiger partial charge in [0.15, 0.2) is 0 Å². The number of carbonyl (C=O) groups excluding carboxylic acids is 2. The summed E-state index contributed by atoms with van der Waals surface area (Å²) in [5, 5.41) is 6.02. The molecule has 1 fully saturated rings. The molecule has 2 atom stereocenters. The summed E-state index contributed by atoms with van der Waals surface area (Å²) in [5.41, 5.74) is 8.29.